The lowest BCUT2D eigenvalue weighted by Gasteiger charge is -2.25. The van der Waals surface area contributed by atoms with Crippen molar-refractivity contribution in [2.75, 3.05) is 14.1 Å². The quantitative estimate of drug-likeness (QED) is 0.845. The molecule has 0 fully saturated rings. The first-order valence-electron chi connectivity index (χ1n) is 6.71. The average molecular weight is 268 g/mol. The van der Waals surface area contributed by atoms with E-state index in [-0.39, 0.29) is 12.1 Å². The van der Waals surface area contributed by atoms with Gasteiger partial charge in [-0.05, 0) is 25.2 Å². The fourth-order valence-corrected chi connectivity index (χ4v) is 2.13. The maximum Gasteiger partial charge on any atom is 0.225 e. The standard InChI is InChI=1S/C17H20N2O/c1-19(2)17(15-11-7-4-8-12-15)18-16(20)13-14-9-5-3-6-10-14/h3-12,17H,13H2,1-2H3,(H,18,20). The van der Waals surface area contributed by atoms with Gasteiger partial charge in [-0.3, -0.25) is 9.69 Å². The number of hydrogen-bond donors (Lipinski definition) is 1. The zero-order valence-electron chi connectivity index (χ0n) is 11.9. The zero-order valence-corrected chi connectivity index (χ0v) is 11.9. The van der Waals surface area contributed by atoms with Gasteiger partial charge < -0.3 is 5.32 Å². The van der Waals surface area contributed by atoms with Gasteiger partial charge in [-0.25, -0.2) is 0 Å². The summed E-state index contributed by atoms with van der Waals surface area (Å²) >= 11 is 0. The summed E-state index contributed by atoms with van der Waals surface area (Å²) < 4.78 is 0. The van der Waals surface area contributed by atoms with Crippen LogP contribution in [0.5, 0.6) is 0 Å². The second-order valence-electron chi connectivity index (χ2n) is 5.01. The highest BCUT2D eigenvalue weighted by atomic mass is 16.1. The van der Waals surface area contributed by atoms with Crippen molar-refractivity contribution in [3.63, 3.8) is 0 Å². The van der Waals surface area contributed by atoms with Gasteiger partial charge in [0.1, 0.15) is 6.17 Å². The highest BCUT2D eigenvalue weighted by Crippen LogP contribution is 2.14. The van der Waals surface area contributed by atoms with Crippen LogP contribution in [0.25, 0.3) is 0 Å². The molecule has 0 saturated heterocycles. The Balaban J connectivity index is 2.04. The van der Waals surface area contributed by atoms with Crippen molar-refractivity contribution in [2.24, 2.45) is 0 Å². The molecule has 2 aromatic carbocycles. The highest BCUT2D eigenvalue weighted by Gasteiger charge is 2.16. The molecular weight excluding hydrogens is 248 g/mol. The number of hydrogen-bond acceptors (Lipinski definition) is 2. The van der Waals surface area contributed by atoms with Crippen LogP contribution in [0.2, 0.25) is 0 Å². The molecule has 0 aromatic heterocycles. The lowest BCUT2D eigenvalue weighted by molar-refractivity contribution is -0.122. The minimum atomic E-state index is -0.104. The summed E-state index contributed by atoms with van der Waals surface area (Å²) in [6, 6.07) is 19.8. The molecule has 0 spiro atoms. The molecule has 1 amide bonds. The molecule has 0 heterocycles. The zero-order chi connectivity index (χ0) is 14.4. The van der Waals surface area contributed by atoms with Gasteiger partial charge in [-0.15, -0.1) is 0 Å². The lowest BCUT2D eigenvalue weighted by atomic mass is 10.1. The number of benzene rings is 2. The first-order chi connectivity index (χ1) is 9.66. The van der Waals surface area contributed by atoms with Crippen LogP contribution in [0.1, 0.15) is 17.3 Å². The van der Waals surface area contributed by atoms with Crippen molar-refractivity contribution in [3.05, 3.63) is 71.8 Å². The van der Waals surface area contributed by atoms with Crippen LogP contribution < -0.4 is 5.32 Å². The monoisotopic (exact) mass is 268 g/mol. The summed E-state index contributed by atoms with van der Waals surface area (Å²) in [7, 11) is 3.92. The third-order valence-corrected chi connectivity index (χ3v) is 3.14. The molecular formula is C17H20N2O. The molecule has 0 radical (unpaired) electrons. The number of nitrogens with zero attached hydrogens (tertiary/aromatic N) is 1. The summed E-state index contributed by atoms with van der Waals surface area (Å²) in [5.41, 5.74) is 2.11. The fraction of sp³-hybridized carbons (Fsp3) is 0.235. The molecule has 2 rings (SSSR count). The summed E-state index contributed by atoms with van der Waals surface area (Å²) in [6.45, 7) is 0. The Bertz CT molecular complexity index is 537. The molecule has 104 valence electrons. The van der Waals surface area contributed by atoms with Gasteiger partial charge in [0.05, 0.1) is 6.42 Å². The Kier molecular flexibility index (Phi) is 4.91. The highest BCUT2D eigenvalue weighted by molar-refractivity contribution is 5.78. The predicted molar refractivity (Wildman–Crippen MR) is 81.2 cm³/mol. The van der Waals surface area contributed by atoms with Crippen LogP contribution in [0.4, 0.5) is 0 Å². The van der Waals surface area contributed by atoms with E-state index in [1.54, 1.807) is 0 Å². The Morgan fingerprint density at radius 1 is 1.00 bits per heavy atom. The van der Waals surface area contributed by atoms with Crippen molar-refractivity contribution in [1.82, 2.24) is 10.2 Å². The Labute approximate surface area is 120 Å². The molecule has 2 aromatic rings. The molecule has 0 aliphatic carbocycles. The van der Waals surface area contributed by atoms with E-state index < -0.39 is 0 Å². The Morgan fingerprint density at radius 2 is 1.55 bits per heavy atom. The van der Waals surface area contributed by atoms with E-state index in [0.29, 0.717) is 6.42 Å². The minimum Gasteiger partial charge on any atom is -0.336 e. The third-order valence-electron chi connectivity index (χ3n) is 3.14. The van der Waals surface area contributed by atoms with Gasteiger partial charge in [0, 0.05) is 0 Å². The van der Waals surface area contributed by atoms with Crippen molar-refractivity contribution in [2.45, 2.75) is 12.6 Å². The number of carbonyl (C=O) groups excluding carboxylic acids is 1. The van der Waals surface area contributed by atoms with E-state index >= 15 is 0 Å². The van der Waals surface area contributed by atoms with Crippen LogP contribution in [-0.4, -0.2) is 24.9 Å². The van der Waals surface area contributed by atoms with Gasteiger partial charge in [-0.2, -0.15) is 0 Å². The predicted octanol–water partition coefficient (Wildman–Crippen LogP) is 2.61. The summed E-state index contributed by atoms with van der Waals surface area (Å²) in [5.74, 6) is 0.0266. The van der Waals surface area contributed by atoms with E-state index in [1.165, 1.54) is 0 Å². The first kappa shape index (κ1) is 14.3. The third kappa shape index (κ3) is 3.93. The SMILES string of the molecule is CN(C)C(NC(=O)Cc1ccccc1)c1ccccc1. The largest absolute Gasteiger partial charge is 0.336 e. The Hall–Kier alpha value is -2.13. The van der Waals surface area contributed by atoms with Crippen molar-refractivity contribution in [1.29, 1.82) is 0 Å². The normalized spacial score (nSPS) is 12.2. The minimum absolute atomic E-state index is 0.0266. The van der Waals surface area contributed by atoms with Crippen LogP contribution in [-0.2, 0) is 11.2 Å². The van der Waals surface area contributed by atoms with Gasteiger partial charge in [-0.1, -0.05) is 60.7 Å². The smallest absolute Gasteiger partial charge is 0.225 e. The van der Waals surface area contributed by atoms with E-state index in [4.69, 9.17) is 0 Å². The average Bonchev–Trinajstić information content (AvgIpc) is 2.46. The van der Waals surface area contributed by atoms with Crippen molar-refractivity contribution in [3.8, 4) is 0 Å². The molecule has 0 bridgehead atoms. The van der Waals surface area contributed by atoms with Gasteiger partial charge in [0.2, 0.25) is 5.91 Å². The van der Waals surface area contributed by atoms with Crippen LogP contribution in [0.15, 0.2) is 60.7 Å². The van der Waals surface area contributed by atoms with E-state index in [9.17, 15) is 4.79 Å². The van der Waals surface area contributed by atoms with Crippen LogP contribution in [0.3, 0.4) is 0 Å². The van der Waals surface area contributed by atoms with Gasteiger partial charge in [0.15, 0.2) is 0 Å². The Morgan fingerprint density at radius 3 is 2.10 bits per heavy atom. The maximum absolute atomic E-state index is 12.2. The molecule has 0 aliphatic heterocycles. The van der Waals surface area contributed by atoms with Crippen molar-refractivity contribution >= 4 is 5.91 Å². The van der Waals surface area contributed by atoms with Crippen LogP contribution >= 0.6 is 0 Å². The fourth-order valence-electron chi connectivity index (χ4n) is 2.13. The molecule has 20 heavy (non-hydrogen) atoms. The summed E-state index contributed by atoms with van der Waals surface area (Å²) in [4.78, 5) is 14.2. The van der Waals surface area contributed by atoms with Gasteiger partial charge in [0.25, 0.3) is 0 Å². The van der Waals surface area contributed by atoms with E-state index in [0.717, 1.165) is 11.1 Å². The number of amides is 1. The molecule has 1 atom stereocenters. The number of carbonyl (C=O) groups is 1. The molecule has 0 saturated carbocycles. The molecule has 3 heteroatoms. The second-order valence-corrected chi connectivity index (χ2v) is 5.01. The van der Waals surface area contributed by atoms with Crippen molar-refractivity contribution < 1.29 is 4.79 Å². The molecule has 3 nitrogen and oxygen atoms in total. The number of rotatable bonds is 5. The second kappa shape index (κ2) is 6.87. The van der Waals surface area contributed by atoms with Gasteiger partial charge >= 0.3 is 0 Å². The lowest BCUT2D eigenvalue weighted by Crippen LogP contribution is -2.38. The number of nitrogens with one attached hydrogen (secondary N) is 1. The maximum atomic E-state index is 12.2. The van der Waals surface area contributed by atoms with E-state index in [1.807, 2.05) is 79.7 Å². The molecule has 0 aliphatic rings. The van der Waals surface area contributed by atoms with E-state index in [2.05, 4.69) is 5.32 Å². The summed E-state index contributed by atoms with van der Waals surface area (Å²) in [6.07, 6.45) is 0.297. The topological polar surface area (TPSA) is 32.3 Å². The first-order valence-corrected chi connectivity index (χ1v) is 6.71. The summed E-state index contributed by atoms with van der Waals surface area (Å²) in [5, 5.41) is 3.07. The van der Waals surface area contributed by atoms with Crippen LogP contribution in [0, 0.1) is 0 Å². The molecule has 1 unspecified atom stereocenters. The molecule has 1 N–H and O–H groups in total.